The van der Waals surface area contributed by atoms with Crippen molar-refractivity contribution in [3.8, 4) is 0 Å². The third-order valence-electron chi connectivity index (χ3n) is 3.20. The van der Waals surface area contributed by atoms with Gasteiger partial charge >= 0.3 is 18.0 Å². The first kappa shape index (κ1) is 17.5. The molecule has 2 aromatic carbocycles. The molecule has 0 saturated carbocycles. The zero-order valence-electron chi connectivity index (χ0n) is 12.6. The van der Waals surface area contributed by atoms with E-state index in [9.17, 15) is 22.8 Å². The van der Waals surface area contributed by atoms with Gasteiger partial charge in [0.15, 0.2) is 0 Å². The molecule has 0 radical (unpaired) electrons. The summed E-state index contributed by atoms with van der Waals surface area (Å²) in [5, 5.41) is 4.57. The second kappa shape index (κ2) is 7.63. The van der Waals surface area contributed by atoms with Crippen LogP contribution in [0, 0.1) is 0 Å². The first-order valence-corrected chi connectivity index (χ1v) is 7.16. The topological polar surface area (TPSA) is 58.2 Å². The van der Waals surface area contributed by atoms with E-state index in [1.54, 1.807) is 0 Å². The first-order chi connectivity index (χ1) is 11.4. The van der Waals surface area contributed by atoms with E-state index in [0.717, 1.165) is 23.8 Å². The Labute approximate surface area is 136 Å². The van der Waals surface area contributed by atoms with Crippen molar-refractivity contribution in [2.75, 3.05) is 11.9 Å². The maximum absolute atomic E-state index is 12.6. The quantitative estimate of drug-likeness (QED) is 0.843. The molecule has 0 fully saturated rings. The van der Waals surface area contributed by atoms with Crippen LogP contribution in [0.3, 0.4) is 0 Å². The molecular weight excluding hydrogens is 321 g/mol. The van der Waals surface area contributed by atoms with Gasteiger partial charge < -0.3 is 10.6 Å². The Morgan fingerprint density at radius 3 is 2.29 bits per heavy atom. The van der Waals surface area contributed by atoms with Gasteiger partial charge in [0.1, 0.15) is 0 Å². The van der Waals surface area contributed by atoms with Gasteiger partial charge in [-0.2, -0.15) is 13.2 Å². The number of nitrogens with one attached hydrogen (secondary N) is 2. The Morgan fingerprint density at radius 2 is 1.62 bits per heavy atom. The molecule has 0 spiro atoms. The Hall–Kier alpha value is -2.83. The summed E-state index contributed by atoms with van der Waals surface area (Å²) in [7, 11) is 0. The van der Waals surface area contributed by atoms with E-state index < -0.39 is 23.6 Å². The summed E-state index contributed by atoms with van der Waals surface area (Å²) in [6, 6.07) is 13.4. The molecule has 0 unspecified atom stereocenters. The van der Waals surface area contributed by atoms with Crippen LogP contribution in [-0.2, 0) is 22.2 Å². The lowest BCUT2D eigenvalue weighted by Gasteiger charge is -2.10. The van der Waals surface area contributed by atoms with Crippen molar-refractivity contribution in [2.24, 2.45) is 0 Å². The van der Waals surface area contributed by atoms with Crippen LogP contribution in [0.15, 0.2) is 54.6 Å². The second-order valence-corrected chi connectivity index (χ2v) is 5.02. The summed E-state index contributed by atoms with van der Waals surface area (Å²) in [5.74, 6) is -1.91. The van der Waals surface area contributed by atoms with Crippen molar-refractivity contribution >= 4 is 17.5 Å². The number of hydrogen-bond donors (Lipinski definition) is 2. The van der Waals surface area contributed by atoms with Gasteiger partial charge in [-0.15, -0.1) is 0 Å². The van der Waals surface area contributed by atoms with E-state index in [4.69, 9.17) is 0 Å². The molecule has 0 saturated heterocycles. The Balaban J connectivity index is 1.86. The van der Waals surface area contributed by atoms with Gasteiger partial charge in [0.25, 0.3) is 0 Å². The molecule has 4 nitrogen and oxygen atoms in total. The standard InChI is InChI=1S/C17H15F3N2O2/c18-17(19,20)13-7-4-8-14(11-13)22-16(24)15(23)21-10-9-12-5-2-1-3-6-12/h1-8,11H,9-10H2,(H,21,23)(H,22,24). The van der Waals surface area contributed by atoms with Crippen LogP contribution in [0.2, 0.25) is 0 Å². The lowest BCUT2D eigenvalue weighted by molar-refractivity contribution is -0.137. The SMILES string of the molecule is O=C(NCCc1ccccc1)C(=O)Nc1cccc(C(F)(F)F)c1. The van der Waals surface area contributed by atoms with Crippen molar-refractivity contribution in [1.29, 1.82) is 0 Å². The van der Waals surface area contributed by atoms with Gasteiger partial charge in [-0.05, 0) is 30.2 Å². The molecule has 2 amide bonds. The molecular formula is C17H15F3N2O2. The van der Waals surface area contributed by atoms with Gasteiger partial charge in [0.05, 0.1) is 5.56 Å². The Morgan fingerprint density at radius 1 is 0.917 bits per heavy atom. The molecule has 2 rings (SSSR count). The molecule has 0 aliphatic carbocycles. The van der Waals surface area contributed by atoms with E-state index in [0.29, 0.717) is 6.42 Å². The number of hydrogen-bond acceptors (Lipinski definition) is 2. The largest absolute Gasteiger partial charge is 0.416 e. The zero-order valence-corrected chi connectivity index (χ0v) is 12.6. The molecule has 126 valence electrons. The van der Waals surface area contributed by atoms with Crippen LogP contribution in [0.5, 0.6) is 0 Å². The molecule has 0 atom stereocenters. The molecule has 0 aliphatic rings. The summed E-state index contributed by atoms with van der Waals surface area (Å²) in [6.45, 7) is 0.249. The molecule has 2 aromatic rings. The summed E-state index contributed by atoms with van der Waals surface area (Å²) < 4.78 is 37.8. The van der Waals surface area contributed by atoms with Gasteiger partial charge in [-0.3, -0.25) is 9.59 Å². The second-order valence-electron chi connectivity index (χ2n) is 5.02. The monoisotopic (exact) mass is 336 g/mol. The number of amides is 2. The van der Waals surface area contributed by atoms with Gasteiger partial charge in [-0.25, -0.2) is 0 Å². The smallest absolute Gasteiger partial charge is 0.347 e. The van der Waals surface area contributed by atoms with Gasteiger partial charge in [-0.1, -0.05) is 36.4 Å². The highest BCUT2D eigenvalue weighted by molar-refractivity contribution is 6.39. The molecule has 0 bridgehead atoms. The maximum atomic E-state index is 12.6. The number of rotatable bonds is 4. The number of carbonyl (C=O) groups is 2. The van der Waals surface area contributed by atoms with Crippen LogP contribution >= 0.6 is 0 Å². The number of carbonyl (C=O) groups excluding carboxylic acids is 2. The summed E-state index contributed by atoms with van der Waals surface area (Å²) in [4.78, 5) is 23.4. The Bertz CT molecular complexity index is 715. The summed E-state index contributed by atoms with van der Waals surface area (Å²) in [5.41, 5.74) is 0.00825. The highest BCUT2D eigenvalue weighted by atomic mass is 19.4. The van der Waals surface area contributed by atoms with Crippen LogP contribution in [0.1, 0.15) is 11.1 Å². The fourth-order valence-electron chi connectivity index (χ4n) is 2.01. The number of benzene rings is 2. The fourth-order valence-corrected chi connectivity index (χ4v) is 2.01. The predicted molar refractivity (Wildman–Crippen MR) is 83.2 cm³/mol. The fraction of sp³-hybridized carbons (Fsp3) is 0.176. The van der Waals surface area contributed by atoms with Crippen molar-refractivity contribution < 1.29 is 22.8 Å². The lowest BCUT2D eigenvalue weighted by Crippen LogP contribution is -2.36. The molecule has 2 N–H and O–H groups in total. The number of halogens is 3. The Kier molecular flexibility index (Phi) is 5.57. The van der Waals surface area contributed by atoms with Crippen LogP contribution < -0.4 is 10.6 Å². The molecule has 0 aromatic heterocycles. The van der Waals surface area contributed by atoms with Crippen molar-refractivity contribution in [2.45, 2.75) is 12.6 Å². The molecule has 7 heteroatoms. The average Bonchev–Trinajstić information content (AvgIpc) is 2.55. The van der Waals surface area contributed by atoms with E-state index >= 15 is 0 Å². The van der Waals surface area contributed by atoms with Crippen LogP contribution in [-0.4, -0.2) is 18.4 Å². The van der Waals surface area contributed by atoms with E-state index in [1.165, 1.54) is 6.07 Å². The van der Waals surface area contributed by atoms with Crippen molar-refractivity contribution in [3.05, 3.63) is 65.7 Å². The summed E-state index contributed by atoms with van der Waals surface area (Å²) >= 11 is 0. The highest BCUT2D eigenvalue weighted by Gasteiger charge is 2.30. The number of alkyl halides is 3. The minimum absolute atomic E-state index is 0.0898. The van der Waals surface area contributed by atoms with Crippen LogP contribution in [0.4, 0.5) is 18.9 Å². The maximum Gasteiger partial charge on any atom is 0.416 e. The molecule has 0 heterocycles. The normalized spacial score (nSPS) is 11.0. The third-order valence-corrected chi connectivity index (χ3v) is 3.20. The zero-order chi connectivity index (χ0) is 17.6. The predicted octanol–water partition coefficient (Wildman–Crippen LogP) is 3.00. The van der Waals surface area contributed by atoms with E-state index in [1.807, 2.05) is 30.3 Å². The van der Waals surface area contributed by atoms with Gasteiger partial charge in [0.2, 0.25) is 0 Å². The first-order valence-electron chi connectivity index (χ1n) is 7.16. The minimum Gasteiger partial charge on any atom is -0.347 e. The number of anilines is 1. The molecule has 24 heavy (non-hydrogen) atoms. The average molecular weight is 336 g/mol. The van der Waals surface area contributed by atoms with Crippen molar-refractivity contribution in [3.63, 3.8) is 0 Å². The van der Waals surface area contributed by atoms with Crippen molar-refractivity contribution in [1.82, 2.24) is 5.32 Å². The van der Waals surface area contributed by atoms with E-state index in [2.05, 4.69) is 10.6 Å². The van der Waals surface area contributed by atoms with Crippen LogP contribution in [0.25, 0.3) is 0 Å². The van der Waals surface area contributed by atoms with E-state index in [-0.39, 0.29) is 12.2 Å². The highest BCUT2D eigenvalue weighted by Crippen LogP contribution is 2.30. The molecule has 0 aliphatic heterocycles. The third kappa shape index (κ3) is 5.12. The minimum atomic E-state index is -4.52. The van der Waals surface area contributed by atoms with Gasteiger partial charge in [0, 0.05) is 12.2 Å². The lowest BCUT2D eigenvalue weighted by atomic mass is 10.1. The summed E-state index contributed by atoms with van der Waals surface area (Å²) in [6.07, 6.45) is -3.97.